The number of anilines is 2. The summed E-state index contributed by atoms with van der Waals surface area (Å²) in [6.07, 6.45) is 1.15. The monoisotopic (exact) mass is 410 g/mol. The van der Waals surface area contributed by atoms with Gasteiger partial charge in [-0.05, 0) is 42.8 Å². The second kappa shape index (κ2) is 6.91. The summed E-state index contributed by atoms with van der Waals surface area (Å²) in [6.45, 7) is 0.510. The summed E-state index contributed by atoms with van der Waals surface area (Å²) in [5.74, 6) is -1.07. The number of carbonyl (C=O) groups excluding carboxylic acids is 2. The summed E-state index contributed by atoms with van der Waals surface area (Å²) < 4.78 is 15.0. The van der Waals surface area contributed by atoms with Gasteiger partial charge in [-0.25, -0.2) is 4.39 Å². The van der Waals surface area contributed by atoms with Gasteiger partial charge in [-0.15, -0.1) is 0 Å². The molecule has 24 heavy (non-hydrogen) atoms. The molecule has 0 aromatic heterocycles. The van der Waals surface area contributed by atoms with Gasteiger partial charge in [-0.1, -0.05) is 27.5 Å². The van der Waals surface area contributed by atoms with Crippen LogP contribution in [0.1, 0.15) is 23.2 Å². The van der Waals surface area contributed by atoms with Crippen molar-refractivity contribution in [3.8, 4) is 0 Å². The minimum absolute atomic E-state index is 0.0904. The average Bonchev–Trinajstić information content (AvgIpc) is 2.93. The van der Waals surface area contributed by atoms with Gasteiger partial charge in [0, 0.05) is 23.1 Å². The summed E-state index contributed by atoms with van der Waals surface area (Å²) >= 11 is 9.31. The lowest BCUT2D eigenvalue weighted by atomic mass is 10.2. The maximum Gasteiger partial charge on any atom is 0.257 e. The maximum absolute atomic E-state index is 14.3. The summed E-state index contributed by atoms with van der Waals surface area (Å²) in [5, 5.41) is 2.90. The fourth-order valence-electron chi connectivity index (χ4n) is 2.58. The van der Waals surface area contributed by atoms with Crippen LogP contribution in [-0.2, 0) is 4.79 Å². The molecular weight excluding hydrogens is 399 g/mol. The molecule has 2 amide bonds. The van der Waals surface area contributed by atoms with Gasteiger partial charge in [0.1, 0.15) is 5.82 Å². The number of hydrogen-bond acceptors (Lipinski definition) is 2. The zero-order valence-electron chi connectivity index (χ0n) is 12.5. The highest BCUT2D eigenvalue weighted by atomic mass is 79.9. The number of benzene rings is 2. The van der Waals surface area contributed by atoms with E-state index in [1.165, 1.54) is 17.0 Å². The molecule has 1 saturated heterocycles. The fourth-order valence-corrected chi connectivity index (χ4v) is 3.34. The molecule has 0 unspecified atom stereocenters. The molecule has 0 atom stereocenters. The third kappa shape index (κ3) is 3.44. The lowest BCUT2D eigenvalue weighted by molar-refractivity contribution is -0.117. The summed E-state index contributed by atoms with van der Waals surface area (Å²) in [7, 11) is 0. The van der Waals surface area contributed by atoms with E-state index < -0.39 is 11.7 Å². The third-order valence-electron chi connectivity index (χ3n) is 3.75. The van der Waals surface area contributed by atoms with Crippen LogP contribution in [-0.4, -0.2) is 18.4 Å². The van der Waals surface area contributed by atoms with E-state index in [0.717, 1.165) is 10.9 Å². The Hall–Kier alpha value is -1.92. The Morgan fingerprint density at radius 2 is 2.04 bits per heavy atom. The van der Waals surface area contributed by atoms with Crippen molar-refractivity contribution in [3.63, 3.8) is 0 Å². The SMILES string of the molecule is O=C(Nc1ccc(N2CCCC2=O)c(F)c1)c1ccc(Br)cc1Cl. The van der Waals surface area contributed by atoms with E-state index in [1.807, 2.05) is 0 Å². The van der Waals surface area contributed by atoms with Crippen molar-refractivity contribution in [1.29, 1.82) is 0 Å². The average molecular weight is 412 g/mol. The highest BCUT2D eigenvalue weighted by Crippen LogP contribution is 2.28. The molecule has 0 saturated carbocycles. The van der Waals surface area contributed by atoms with Gasteiger partial charge in [0.05, 0.1) is 16.3 Å². The van der Waals surface area contributed by atoms with E-state index in [9.17, 15) is 14.0 Å². The molecule has 2 aromatic rings. The highest BCUT2D eigenvalue weighted by molar-refractivity contribution is 9.10. The molecule has 3 rings (SSSR count). The third-order valence-corrected chi connectivity index (χ3v) is 4.55. The Labute approximate surface area is 151 Å². The first-order valence-electron chi connectivity index (χ1n) is 7.32. The topological polar surface area (TPSA) is 49.4 Å². The van der Waals surface area contributed by atoms with Crippen molar-refractivity contribution in [1.82, 2.24) is 0 Å². The van der Waals surface area contributed by atoms with Crippen LogP contribution < -0.4 is 10.2 Å². The molecule has 0 radical (unpaired) electrons. The highest BCUT2D eigenvalue weighted by Gasteiger charge is 2.24. The van der Waals surface area contributed by atoms with Crippen molar-refractivity contribution >= 4 is 50.7 Å². The van der Waals surface area contributed by atoms with Crippen LogP contribution in [0.15, 0.2) is 40.9 Å². The molecule has 0 spiro atoms. The summed E-state index contributed by atoms with van der Waals surface area (Å²) in [4.78, 5) is 25.4. The zero-order chi connectivity index (χ0) is 17.3. The smallest absolute Gasteiger partial charge is 0.257 e. The van der Waals surface area contributed by atoms with Gasteiger partial charge in [0.2, 0.25) is 5.91 Å². The van der Waals surface area contributed by atoms with E-state index in [2.05, 4.69) is 21.2 Å². The molecule has 1 heterocycles. The quantitative estimate of drug-likeness (QED) is 0.801. The Morgan fingerprint density at radius 3 is 2.67 bits per heavy atom. The lowest BCUT2D eigenvalue weighted by Gasteiger charge is -2.17. The second-order valence-corrected chi connectivity index (χ2v) is 6.72. The molecule has 0 aliphatic carbocycles. The van der Waals surface area contributed by atoms with Gasteiger partial charge < -0.3 is 10.2 Å². The minimum Gasteiger partial charge on any atom is -0.322 e. The molecule has 7 heteroatoms. The van der Waals surface area contributed by atoms with Crippen LogP contribution in [0, 0.1) is 5.82 Å². The van der Waals surface area contributed by atoms with Crippen LogP contribution in [0.2, 0.25) is 5.02 Å². The first kappa shape index (κ1) is 16.9. The summed E-state index contributed by atoms with van der Waals surface area (Å²) in [6, 6.07) is 9.15. The van der Waals surface area contributed by atoms with Crippen LogP contribution in [0.4, 0.5) is 15.8 Å². The van der Waals surface area contributed by atoms with E-state index in [0.29, 0.717) is 29.2 Å². The Bertz CT molecular complexity index is 828. The molecule has 1 aliphatic heterocycles. The Kier molecular flexibility index (Phi) is 4.87. The van der Waals surface area contributed by atoms with Gasteiger partial charge in [-0.3, -0.25) is 9.59 Å². The van der Waals surface area contributed by atoms with Crippen molar-refractivity contribution < 1.29 is 14.0 Å². The van der Waals surface area contributed by atoms with E-state index in [1.54, 1.807) is 24.3 Å². The maximum atomic E-state index is 14.3. The van der Waals surface area contributed by atoms with Gasteiger partial charge in [0.15, 0.2) is 0 Å². The van der Waals surface area contributed by atoms with Crippen LogP contribution >= 0.6 is 27.5 Å². The molecule has 124 valence electrons. The molecule has 1 N–H and O–H groups in total. The van der Waals surface area contributed by atoms with Crippen LogP contribution in [0.5, 0.6) is 0 Å². The molecule has 4 nitrogen and oxygen atoms in total. The zero-order valence-corrected chi connectivity index (χ0v) is 14.8. The largest absolute Gasteiger partial charge is 0.322 e. The van der Waals surface area contributed by atoms with Crippen LogP contribution in [0.25, 0.3) is 0 Å². The fraction of sp³-hybridized carbons (Fsp3) is 0.176. The predicted octanol–water partition coefficient (Wildman–Crippen LogP) is 4.62. The van der Waals surface area contributed by atoms with Crippen molar-refractivity contribution in [2.45, 2.75) is 12.8 Å². The molecule has 1 aliphatic rings. The molecule has 0 bridgehead atoms. The number of nitrogens with zero attached hydrogens (tertiary/aromatic N) is 1. The molecule has 1 fully saturated rings. The molecule has 2 aromatic carbocycles. The van der Waals surface area contributed by atoms with E-state index in [-0.39, 0.29) is 11.6 Å². The minimum atomic E-state index is -0.551. The second-order valence-electron chi connectivity index (χ2n) is 5.39. The predicted molar refractivity (Wildman–Crippen MR) is 95.1 cm³/mol. The van der Waals surface area contributed by atoms with Crippen molar-refractivity contribution in [2.75, 3.05) is 16.8 Å². The van der Waals surface area contributed by atoms with Gasteiger partial charge in [0.25, 0.3) is 5.91 Å². The van der Waals surface area contributed by atoms with Crippen molar-refractivity contribution in [2.24, 2.45) is 0 Å². The Balaban J connectivity index is 1.79. The number of hydrogen-bond donors (Lipinski definition) is 1. The van der Waals surface area contributed by atoms with Gasteiger partial charge >= 0.3 is 0 Å². The van der Waals surface area contributed by atoms with Crippen molar-refractivity contribution in [3.05, 3.63) is 57.3 Å². The standard InChI is InChI=1S/C17H13BrClFN2O2/c18-10-3-5-12(13(19)8-10)17(24)21-11-4-6-15(14(20)9-11)22-7-1-2-16(22)23/h3-6,8-9H,1-2,7H2,(H,21,24). The number of amides is 2. The number of halogens is 3. The number of nitrogens with one attached hydrogen (secondary N) is 1. The number of carbonyl (C=O) groups is 2. The van der Waals surface area contributed by atoms with E-state index >= 15 is 0 Å². The van der Waals surface area contributed by atoms with Crippen LogP contribution in [0.3, 0.4) is 0 Å². The van der Waals surface area contributed by atoms with E-state index in [4.69, 9.17) is 11.6 Å². The Morgan fingerprint density at radius 1 is 1.25 bits per heavy atom. The first-order chi connectivity index (χ1) is 11.5. The number of rotatable bonds is 3. The normalized spacial score (nSPS) is 14.1. The molecular formula is C17H13BrClFN2O2. The first-order valence-corrected chi connectivity index (χ1v) is 8.49. The lowest BCUT2D eigenvalue weighted by Crippen LogP contribution is -2.24. The van der Waals surface area contributed by atoms with Gasteiger partial charge in [-0.2, -0.15) is 0 Å². The summed E-state index contributed by atoms with van der Waals surface area (Å²) in [5.41, 5.74) is 0.822.